The molecule has 0 saturated heterocycles. The highest BCUT2D eigenvalue weighted by molar-refractivity contribution is 5.41. The molecule has 90 valence electrons. The molecule has 0 aliphatic heterocycles. The Balaban J connectivity index is 2.14. The first-order chi connectivity index (χ1) is 8.81. The maximum atomic E-state index is 5.05. The number of pyridine rings is 1. The topological polar surface area (TPSA) is 22.1 Å². The van der Waals surface area contributed by atoms with Gasteiger partial charge in [-0.1, -0.05) is 25.0 Å². The zero-order chi connectivity index (χ0) is 12.8. The van der Waals surface area contributed by atoms with Crippen molar-refractivity contribution in [1.82, 2.24) is 4.98 Å². The summed E-state index contributed by atoms with van der Waals surface area (Å²) < 4.78 is 5.05. The number of benzene rings is 1. The summed E-state index contributed by atoms with van der Waals surface area (Å²) in [6, 6.07) is 12.0. The average Bonchev–Trinajstić information content (AvgIpc) is 2.46. The van der Waals surface area contributed by atoms with Crippen LogP contribution < -0.4 is 4.74 Å². The fourth-order valence-corrected chi connectivity index (χ4v) is 1.53. The van der Waals surface area contributed by atoms with Crippen LogP contribution in [0.25, 0.3) is 0 Å². The van der Waals surface area contributed by atoms with E-state index in [0.29, 0.717) is 0 Å². The normalized spacial score (nSPS) is 9.44. The Morgan fingerprint density at radius 2 is 1.83 bits per heavy atom. The molecule has 0 aliphatic rings. The number of aryl methyl sites for hydroxylation is 1. The van der Waals surface area contributed by atoms with Gasteiger partial charge >= 0.3 is 0 Å². The third-order valence-corrected chi connectivity index (χ3v) is 2.67. The van der Waals surface area contributed by atoms with Gasteiger partial charge in [-0.3, -0.25) is 0 Å². The molecule has 0 radical (unpaired) electrons. The van der Waals surface area contributed by atoms with Gasteiger partial charge in [-0.05, 0) is 42.2 Å². The summed E-state index contributed by atoms with van der Waals surface area (Å²) in [5.74, 6) is 6.87. The zero-order valence-corrected chi connectivity index (χ0v) is 10.6. The molecule has 0 aliphatic carbocycles. The van der Waals surface area contributed by atoms with Crippen LogP contribution in [0.1, 0.15) is 23.7 Å². The third kappa shape index (κ3) is 3.11. The second-order valence-corrected chi connectivity index (χ2v) is 3.88. The van der Waals surface area contributed by atoms with Gasteiger partial charge in [0.1, 0.15) is 11.4 Å². The minimum Gasteiger partial charge on any atom is -0.495 e. The molecule has 1 aromatic carbocycles. The highest BCUT2D eigenvalue weighted by Crippen LogP contribution is 2.07. The summed E-state index contributed by atoms with van der Waals surface area (Å²) in [6.45, 7) is 2.14. The SMILES string of the molecule is CCc1ccc(C#Cc2ccc(OC)cn2)cc1. The van der Waals surface area contributed by atoms with Crippen molar-refractivity contribution < 1.29 is 4.74 Å². The lowest BCUT2D eigenvalue weighted by Gasteiger charge is -1.97. The number of aromatic nitrogens is 1. The summed E-state index contributed by atoms with van der Waals surface area (Å²) >= 11 is 0. The Labute approximate surface area is 108 Å². The summed E-state index contributed by atoms with van der Waals surface area (Å²) in [7, 11) is 1.62. The largest absolute Gasteiger partial charge is 0.495 e. The maximum Gasteiger partial charge on any atom is 0.137 e. The van der Waals surface area contributed by atoms with Gasteiger partial charge in [0.15, 0.2) is 0 Å². The van der Waals surface area contributed by atoms with Crippen LogP contribution in [0.15, 0.2) is 42.6 Å². The van der Waals surface area contributed by atoms with Crippen LogP contribution in [-0.2, 0) is 6.42 Å². The van der Waals surface area contributed by atoms with Gasteiger partial charge in [0.05, 0.1) is 13.3 Å². The minimum absolute atomic E-state index is 0.743. The van der Waals surface area contributed by atoms with E-state index >= 15 is 0 Å². The van der Waals surface area contributed by atoms with Crippen LogP contribution >= 0.6 is 0 Å². The second-order valence-electron chi connectivity index (χ2n) is 3.88. The monoisotopic (exact) mass is 237 g/mol. The van der Waals surface area contributed by atoms with Crippen molar-refractivity contribution in [1.29, 1.82) is 0 Å². The summed E-state index contributed by atoms with van der Waals surface area (Å²) in [4.78, 5) is 4.20. The molecule has 0 fully saturated rings. The second kappa shape index (κ2) is 5.88. The van der Waals surface area contributed by atoms with Crippen LogP contribution in [0.5, 0.6) is 5.75 Å². The van der Waals surface area contributed by atoms with E-state index in [1.165, 1.54) is 5.56 Å². The predicted molar refractivity (Wildman–Crippen MR) is 72.6 cm³/mol. The molecule has 2 rings (SSSR count). The van der Waals surface area contributed by atoms with E-state index in [2.05, 4.69) is 35.9 Å². The number of hydrogen-bond donors (Lipinski definition) is 0. The molecule has 0 saturated carbocycles. The van der Waals surface area contributed by atoms with Crippen LogP contribution in [0.2, 0.25) is 0 Å². The number of hydrogen-bond acceptors (Lipinski definition) is 2. The molecular weight excluding hydrogens is 222 g/mol. The number of rotatable bonds is 2. The quantitative estimate of drug-likeness (QED) is 0.749. The molecule has 18 heavy (non-hydrogen) atoms. The Morgan fingerprint density at radius 3 is 2.39 bits per heavy atom. The Morgan fingerprint density at radius 1 is 1.06 bits per heavy atom. The van der Waals surface area contributed by atoms with Crippen LogP contribution in [0.4, 0.5) is 0 Å². The smallest absolute Gasteiger partial charge is 0.137 e. The average molecular weight is 237 g/mol. The van der Waals surface area contributed by atoms with Gasteiger partial charge in [0, 0.05) is 5.56 Å². The molecular formula is C16H15NO. The molecule has 0 N–H and O–H groups in total. The van der Waals surface area contributed by atoms with Crippen LogP contribution in [0.3, 0.4) is 0 Å². The highest BCUT2D eigenvalue weighted by Gasteiger charge is 1.92. The number of methoxy groups -OCH3 is 1. The lowest BCUT2D eigenvalue weighted by atomic mass is 10.1. The van der Waals surface area contributed by atoms with Crippen molar-refractivity contribution in [2.24, 2.45) is 0 Å². The van der Waals surface area contributed by atoms with E-state index in [1.54, 1.807) is 13.3 Å². The van der Waals surface area contributed by atoms with Gasteiger partial charge in [0.25, 0.3) is 0 Å². The number of ether oxygens (including phenoxy) is 1. The first kappa shape index (κ1) is 12.2. The lowest BCUT2D eigenvalue weighted by molar-refractivity contribution is 0.413. The Hall–Kier alpha value is -2.27. The van der Waals surface area contributed by atoms with Crippen molar-refractivity contribution in [3.05, 3.63) is 59.4 Å². The van der Waals surface area contributed by atoms with Crippen LogP contribution in [-0.4, -0.2) is 12.1 Å². The van der Waals surface area contributed by atoms with E-state index in [4.69, 9.17) is 4.74 Å². The lowest BCUT2D eigenvalue weighted by Crippen LogP contribution is -1.86. The van der Waals surface area contributed by atoms with Crippen molar-refractivity contribution in [2.45, 2.75) is 13.3 Å². The van der Waals surface area contributed by atoms with Gasteiger partial charge in [-0.2, -0.15) is 0 Å². The Bertz CT molecular complexity index is 507. The highest BCUT2D eigenvalue weighted by atomic mass is 16.5. The van der Waals surface area contributed by atoms with Crippen molar-refractivity contribution in [3.63, 3.8) is 0 Å². The van der Waals surface area contributed by atoms with Gasteiger partial charge in [-0.15, -0.1) is 0 Å². The van der Waals surface area contributed by atoms with Crippen LogP contribution in [0, 0.1) is 11.8 Å². The molecule has 1 heterocycles. The minimum atomic E-state index is 0.743. The molecule has 0 atom stereocenters. The van der Waals surface area contributed by atoms with E-state index in [-0.39, 0.29) is 0 Å². The molecule has 2 nitrogen and oxygen atoms in total. The summed E-state index contributed by atoms with van der Waals surface area (Å²) in [5.41, 5.74) is 3.07. The van der Waals surface area contributed by atoms with E-state index < -0.39 is 0 Å². The standard InChI is InChI=1S/C16H15NO/c1-3-13-4-6-14(7-5-13)8-9-15-10-11-16(18-2)12-17-15/h4-7,10-12H,3H2,1-2H3. The first-order valence-electron chi connectivity index (χ1n) is 5.93. The number of nitrogens with zero attached hydrogens (tertiary/aromatic N) is 1. The maximum absolute atomic E-state index is 5.05. The van der Waals surface area contributed by atoms with Crippen molar-refractivity contribution in [3.8, 4) is 17.6 Å². The molecule has 0 bridgehead atoms. The van der Waals surface area contributed by atoms with E-state index in [9.17, 15) is 0 Å². The predicted octanol–water partition coefficient (Wildman–Crippen LogP) is 3.05. The summed E-state index contributed by atoms with van der Waals surface area (Å²) in [5, 5.41) is 0. The first-order valence-corrected chi connectivity index (χ1v) is 5.93. The fraction of sp³-hybridized carbons (Fsp3) is 0.188. The molecule has 0 amide bonds. The fourth-order valence-electron chi connectivity index (χ4n) is 1.53. The van der Waals surface area contributed by atoms with Gasteiger partial charge < -0.3 is 4.74 Å². The molecule has 0 unspecified atom stereocenters. The van der Waals surface area contributed by atoms with Gasteiger partial charge in [-0.25, -0.2) is 4.98 Å². The summed E-state index contributed by atoms with van der Waals surface area (Å²) in [6.07, 6.45) is 2.72. The third-order valence-electron chi connectivity index (χ3n) is 2.67. The zero-order valence-electron chi connectivity index (χ0n) is 10.6. The Kier molecular flexibility index (Phi) is 3.98. The van der Waals surface area contributed by atoms with E-state index in [0.717, 1.165) is 23.4 Å². The molecule has 2 aromatic rings. The van der Waals surface area contributed by atoms with Gasteiger partial charge in [0.2, 0.25) is 0 Å². The molecule has 0 spiro atoms. The molecule has 1 aromatic heterocycles. The van der Waals surface area contributed by atoms with Crippen molar-refractivity contribution in [2.75, 3.05) is 7.11 Å². The van der Waals surface area contributed by atoms with E-state index in [1.807, 2.05) is 24.3 Å². The van der Waals surface area contributed by atoms with Crippen molar-refractivity contribution >= 4 is 0 Å². The molecule has 2 heteroatoms.